The third-order valence-electron chi connectivity index (χ3n) is 2.00. The van der Waals surface area contributed by atoms with E-state index in [0.717, 1.165) is 25.0 Å². The van der Waals surface area contributed by atoms with Gasteiger partial charge in [0.25, 0.3) is 0 Å². The molecule has 1 aromatic heterocycles. The molecule has 1 heterocycles. The van der Waals surface area contributed by atoms with E-state index in [2.05, 4.69) is 20.7 Å². The third kappa shape index (κ3) is 6.55. The number of ether oxygens (including phenoxy) is 1. The quantitative estimate of drug-likeness (QED) is 0.767. The predicted octanol–water partition coefficient (Wildman–Crippen LogP) is 1.65. The first-order valence-electron chi connectivity index (χ1n) is 5.79. The highest BCUT2D eigenvalue weighted by molar-refractivity contribution is 5.67. The molecule has 1 aromatic rings. The number of nitrogens with zero attached hydrogens (tertiary/aromatic N) is 2. The van der Waals surface area contributed by atoms with Gasteiger partial charge in [-0.1, -0.05) is 5.21 Å². The summed E-state index contributed by atoms with van der Waals surface area (Å²) >= 11 is 0. The molecule has 0 aliphatic heterocycles. The van der Waals surface area contributed by atoms with Crippen LogP contribution in [0.3, 0.4) is 0 Å². The summed E-state index contributed by atoms with van der Waals surface area (Å²) in [6, 6.07) is 0. The Morgan fingerprint density at radius 3 is 2.82 bits per heavy atom. The van der Waals surface area contributed by atoms with E-state index >= 15 is 0 Å². The topological polar surface area (TPSA) is 79.9 Å². The second-order valence-corrected chi connectivity index (χ2v) is 4.85. The Hall–Kier alpha value is -1.59. The molecule has 0 fully saturated rings. The lowest BCUT2D eigenvalue weighted by Crippen LogP contribution is -2.33. The van der Waals surface area contributed by atoms with Gasteiger partial charge in [-0.25, -0.2) is 4.79 Å². The highest BCUT2D eigenvalue weighted by atomic mass is 16.6. The van der Waals surface area contributed by atoms with Gasteiger partial charge in [0.1, 0.15) is 5.60 Å². The van der Waals surface area contributed by atoms with Crippen molar-refractivity contribution < 1.29 is 9.53 Å². The van der Waals surface area contributed by atoms with Crippen molar-refractivity contribution in [3.63, 3.8) is 0 Å². The minimum atomic E-state index is -0.440. The summed E-state index contributed by atoms with van der Waals surface area (Å²) in [5.41, 5.74) is 0.507. The maximum atomic E-state index is 11.3. The molecule has 0 saturated heterocycles. The molecule has 0 saturated carbocycles. The van der Waals surface area contributed by atoms with Crippen LogP contribution in [0.4, 0.5) is 4.79 Å². The molecule has 17 heavy (non-hydrogen) atoms. The van der Waals surface area contributed by atoms with E-state index in [0.29, 0.717) is 6.54 Å². The van der Waals surface area contributed by atoms with Crippen LogP contribution in [-0.2, 0) is 11.2 Å². The van der Waals surface area contributed by atoms with Gasteiger partial charge in [-0.15, -0.1) is 5.10 Å². The average Bonchev–Trinajstić information content (AvgIpc) is 2.67. The minimum absolute atomic E-state index is 0.362. The fourth-order valence-corrected chi connectivity index (χ4v) is 1.28. The van der Waals surface area contributed by atoms with Crippen molar-refractivity contribution in [2.24, 2.45) is 0 Å². The van der Waals surface area contributed by atoms with Crippen molar-refractivity contribution in [2.75, 3.05) is 6.54 Å². The van der Waals surface area contributed by atoms with Crippen molar-refractivity contribution in [3.8, 4) is 0 Å². The number of hydrogen-bond donors (Lipinski definition) is 2. The summed E-state index contributed by atoms with van der Waals surface area (Å²) in [5, 5.41) is 12.9. The van der Waals surface area contributed by atoms with E-state index in [1.165, 1.54) is 0 Å². The number of carbonyl (C=O) groups excluding carboxylic acids is 1. The molecule has 0 aliphatic carbocycles. The molecule has 2 N–H and O–H groups in total. The number of rotatable bonds is 5. The Morgan fingerprint density at radius 2 is 2.24 bits per heavy atom. The number of amides is 1. The largest absolute Gasteiger partial charge is 0.444 e. The number of aromatic amines is 1. The summed E-state index contributed by atoms with van der Waals surface area (Å²) in [4.78, 5) is 11.3. The first-order chi connectivity index (χ1) is 7.97. The van der Waals surface area contributed by atoms with E-state index in [4.69, 9.17) is 4.74 Å². The molecule has 1 rings (SSSR count). The van der Waals surface area contributed by atoms with E-state index in [-0.39, 0.29) is 6.09 Å². The molecule has 1 amide bonds. The number of aromatic nitrogens is 3. The number of aryl methyl sites for hydroxylation is 1. The van der Waals surface area contributed by atoms with Crippen LogP contribution in [0.5, 0.6) is 0 Å². The monoisotopic (exact) mass is 240 g/mol. The van der Waals surface area contributed by atoms with Crippen LogP contribution in [0.15, 0.2) is 6.20 Å². The van der Waals surface area contributed by atoms with E-state index < -0.39 is 5.60 Å². The van der Waals surface area contributed by atoms with Gasteiger partial charge in [0.2, 0.25) is 0 Å². The Kier molecular flexibility index (Phi) is 4.93. The summed E-state index contributed by atoms with van der Waals surface area (Å²) < 4.78 is 5.11. The van der Waals surface area contributed by atoms with Gasteiger partial charge >= 0.3 is 6.09 Å². The molecule has 0 unspecified atom stereocenters. The fraction of sp³-hybridized carbons (Fsp3) is 0.727. The van der Waals surface area contributed by atoms with Crippen LogP contribution in [0.1, 0.15) is 39.3 Å². The smallest absolute Gasteiger partial charge is 0.407 e. The lowest BCUT2D eigenvalue weighted by Gasteiger charge is -2.19. The van der Waals surface area contributed by atoms with E-state index in [1.807, 2.05) is 20.8 Å². The molecule has 0 bridgehead atoms. The first-order valence-corrected chi connectivity index (χ1v) is 5.79. The number of alkyl carbamates (subject to hydrolysis) is 1. The third-order valence-corrected chi connectivity index (χ3v) is 2.00. The van der Waals surface area contributed by atoms with Crippen molar-refractivity contribution in [2.45, 2.75) is 45.6 Å². The van der Waals surface area contributed by atoms with Crippen molar-refractivity contribution in [1.29, 1.82) is 0 Å². The zero-order chi connectivity index (χ0) is 12.7. The Morgan fingerprint density at radius 1 is 1.47 bits per heavy atom. The Bertz CT molecular complexity index is 330. The van der Waals surface area contributed by atoms with Crippen LogP contribution in [-0.4, -0.2) is 33.6 Å². The van der Waals surface area contributed by atoms with Crippen LogP contribution >= 0.6 is 0 Å². The maximum absolute atomic E-state index is 11.3. The van der Waals surface area contributed by atoms with Crippen LogP contribution in [0, 0.1) is 0 Å². The maximum Gasteiger partial charge on any atom is 0.407 e. The van der Waals surface area contributed by atoms with Gasteiger partial charge < -0.3 is 10.1 Å². The van der Waals surface area contributed by atoms with Gasteiger partial charge in [-0.2, -0.15) is 0 Å². The molecule has 0 radical (unpaired) electrons. The minimum Gasteiger partial charge on any atom is -0.444 e. The second kappa shape index (κ2) is 6.22. The van der Waals surface area contributed by atoms with Crippen molar-refractivity contribution in [1.82, 2.24) is 20.7 Å². The summed E-state index contributed by atoms with van der Waals surface area (Å²) in [7, 11) is 0. The van der Waals surface area contributed by atoms with Crippen molar-refractivity contribution >= 4 is 6.09 Å². The molecular formula is C11H20N4O2. The standard InChI is InChI=1S/C11H20N4O2/c1-11(2,3)17-10(16)12-7-5-4-6-9-8-13-15-14-9/h8H,4-7H2,1-3H3,(H,12,16)(H,13,14,15). The van der Waals surface area contributed by atoms with Gasteiger partial charge in [-0.3, -0.25) is 5.10 Å². The van der Waals surface area contributed by atoms with E-state index in [9.17, 15) is 4.79 Å². The Labute approximate surface area is 101 Å². The highest BCUT2D eigenvalue weighted by Crippen LogP contribution is 2.06. The number of hydrogen-bond acceptors (Lipinski definition) is 4. The number of unbranched alkanes of at least 4 members (excludes halogenated alkanes) is 1. The fourth-order valence-electron chi connectivity index (χ4n) is 1.28. The highest BCUT2D eigenvalue weighted by Gasteiger charge is 2.15. The SMILES string of the molecule is CC(C)(C)OC(=O)NCCCCc1c[nH]nn1. The van der Waals surface area contributed by atoms with Gasteiger partial charge in [0.15, 0.2) is 0 Å². The normalized spacial score (nSPS) is 11.2. The zero-order valence-corrected chi connectivity index (χ0v) is 10.6. The molecule has 6 nitrogen and oxygen atoms in total. The predicted molar refractivity (Wildman–Crippen MR) is 63.6 cm³/mol. The number of carbonyl (C=O) groups is 1. The molecule has 0 aromatic carbocycles. The van der Waals surface area contributed by atoms with Gasteiger partial charge in [-0.05, 0) is 40.0 Å². The summed E-state index contributed by atoms with van der Waals surface area (Å²) in [5.74, 6) is 0. The molecule has 96 valence electrons. The van der Waals surface area contributed by atoms with Crippen LogP contribution in [0.25, 0.3) is 0 Å². The summed E-state index contributed by atoms with van der Waals surface area (Å²) in [6.45, 7) is 6.15. The lowest BCUT2D eigenvalue weighted by molar-refractivity contribution is 0.0527. The van der Waals surface area contributed by atoms with Gasteiger partial charge in [0.05, 0.1) is 5.69 Å². The van der Waals surface area contributed by atoms with Crippen LogP contribution < -0.4 is 5.32 Å². The second-order valence-electron chi connectivity index (χ2n) is 4.85. The number of nitrogens with one attached hydrogen (secondary N) is 2. The molecule has 0 aliphatic rings. The molecular weight excluding hydrogens is 220 g/mol. The molecule has 6 heteroatoms. The number of H-pyrrole nitrogens is 1. The zero-order valence-electron chi connectivity index (χ0n) is 10.6. The summed E-state index contributed by atoms with van der Waals surface area (Å²) in [6.07, 6.45) is 4.14. The van der Waals surface area contributed by atoms with Crippen LogP contribution in [0.2, 0.25) is 0 Å². The van der Waals surface area contributed by atoms with Gasteiger partial charge in [0, 0.05) is 12.7 Å². The Balaban J connectivity index is 2.02. The first kappa shape index (κ1) is 13.5. The van der Waals surface area contributed by atoms with Crippen molar-refractivity contribution in [3.05, 3.63) is 11.9 Å². The van der Waals surface area contributed by atoms with E-state index in [1.54, 1.807) is 6.20 Å². The lowest BCUT2D eigenvalue weighted by atomic mass is 10.2. The average molecular weight is 240 g/mol. The molecule has 0 spiro atoms. The molecule has 0 atom stereocenters.